The molecule has 5 heteroatoms. The van der Waals surface area contributed by atoms with Gasteiger partial charge in [0.25, 0.3) is 5.56 Å². The van der Waals surface area contributed by atoms with Crippen LogP contribution in [-0.4, -0.2) is 41.7 Å². The second-order valence-corrected chi connectivity index (χ2v) is 4.54. The van der Waals surface area contributed by atoms with Crippen LogP contribution in [0.4, 0.5) is 0 Å². The van der Waals surface area contributed by atoms with Crippen LogP contribution in [0.5, 0.6) is 0 Å². The van der Waals surface area contributed by atoms with Gasteiger partial charge >= 0.3 is 37.7 Å². The van der Waals surface area contributed by atoms with E-state index in [1.165, 1.54) is 43.6 Å². The third-order valence-electron chi connectivity index (χ3n) is 2.36. The van der Waals surface area contributed by atoms with E-state index in [2.05, 4.69) is 6.92 Å². The summed E-state index contributed by atoms with van der Waals surface area (Å²) >= 11 is 1.52. The molecule has 0 saturated carbocycles. The van der Waals surface area contributed by atoms with E-state index >= 15 is 0 Å². The molecular formula is C11H19CaClNOS+. The van der Waals surface area contributed by atoms with Gasteiger partial charge in [0.15, 0.2) is 0 Å². The molecule has 0 bridgehead atoms. The second-order valence-electron chi connectivity index (χ2n) is 3.62. The summed E-state index contributed by atoms with van der Waals surface area (Å²) in [6.45, 7) is 3.13. The van der Waals surface area contributed by atoms with E-state index in [4.69, 9.17) is 0 Å². The molecule has 1 aromatic rings. The normalized spacial score (nSPS) is 9.31. The maximum absolute atomic E-state index is 11.2. The van der Waals surface area contributed by atoms with Crippen LogP contribution in [0.3, 0.4) is 0 Å². The van der Waals surface area contributed by atoms with Crippen molar-refractivity contribution in [2.24, 2.45) is 0 Å². The number of aromatic nitrogens is 1. The standard InChI is InChI=1S/C11H19NOS.Ca.ClH/c1-2-3-4-5-6-7-9-12-11(13)8-10-14-12;;/h8,10H,2-7,9H2,1H3;;1H/q;+2;/p-1. The minimum Gasteiger partial charge on any atom is -1.00 e. The first-order valence-corrected chi connectivity index (χ1v) is 6.33. The summed E-state index contributed by atoms with van der Waals surface area (Å²) in [6.07, 6.45) is 7.70. The summed E-state index contributed by atoms with van der Waals surface area (Å²) in [7, 11) is 0. The average molecular weight is 289 g/mol. The Bertz CT molecular complexity index is 300. The minimum absolute atomic E-state index is 0. The molecule has 0 fully saturated rings. The molecule has 0 spiro atoms. The van der Waals surface area contributed by atoms with Gasteiger partial charge in [-0.2, -0.15) is 0 Å². The third kappa shape index (κ3) is 8.13. The molecule has 16 heavy (non-hydrogen) atoms. The number of rotatable bonds is 7. The van der Waals surface area contributed by atoms with Gasteiger partial charge in [-0.05, 0) is 6.42 Å². The Morgan fingerprint density at radius 1 is 1.19 bits per heavy atom. The smallest absolute Gasteiger partial charge is 1.00 e. The van der Waals surface area contributed by atoms with Gasteiger partial charge in [-0.25, -0.2) is 0 Å². The maximum atomic E-state index is 11.2. The Hall–Kier alpha value is 0.980. The number of nitrogens with zero attached hydrogens (tertiary/aromatic N) is 1. The molecule has 0 aliphatic carbocycles. The molecule has 1 heterocycles. The summed E-state index contributed by atoms with van der Waals surface area (Å²) in [5, 5.41) is 1.86. The molecule has 0 N–H and O–H groups in total. The van der Waals surface area contributed by atoms with Crippen LogP contribution < -0.4 is 18.0 Å². The molecule has 1 rings (SSSR count). The maximum Gasteiger partial charge on any atom is 2.00 e. The predicted octanol–water partition coefficient (Wildman–Crippen LogP) is -0.106. The van der Waals surface area contributed by atoms with E-state index in [0.717, 1.165) is 13.0 Å². The number of hydrogen-bond donors (Lipinski definition) is 0. The van der Waals surface area contributed by atoms with E-state index in [1.807, 2.05) is 9.34 Å². The molecule has 88 valence electrons. The van der Waals surface area contributed by atoms with Crippen molar-refractivity contribution in [2.45, 2.75) is 52.0 Å². The Morgan fingerprint density at radius 2 is 1.81 bits per heavy atom. The predicted molar refractivity (Wildman–Crippen MR) is 67.7 cm³/mol. The minimum atomic E-state index is 0. The summed E-state index contributed by atoms with van der Waals surface area (Å²) in [4.78, 5) is 11.2. The molecule has 0 aromatic carbocycles. The third-order valence-corrected chi connectivity index (χ3v) is 3.23. The first-order valence-electron chi connectivity index (χ1n) is 5.49. The van der Waals surface area contributed by atoms with E-state index < -0.39 is 0 Å². The zero-order chi connectivity index (χ0) is 10.2. The molecule has 0 aliphatic heterocycles. The summed E-state index contributed by atoms with van der Waals surface area (Å²) in [5.41, 5.74) is 0.156. The molecule has 0 unspecified atom stereocenters. The molecule has 0 atom stereocenters. The molecule has 0 radical (unpaired) electrons. The van der Waals surface area contributed by atoms with Crippen molar-refractivity contribution in [3.8, 4) is 0 Å². The second kappa shape index (κ2) is 12.4. The quantitative estimate of drug-likeness (QED) is 0.507. The SMILES string of the molecule is CCCCCCCCn1sccc1=O.[Ca+2].[Cl-]. The summed E-state index contributed by atoms with van der Waals surface area (Å²) in [6, 6.07) is 1.64. The van der Waals surface area contributed by atoms with Gasteiger partial charge in [-0.3, -0.25) is 8.75 Å². The zero-order valence-corrected chi connectivity index (χ0v) is 13.7. The van der Waals surface area contributed by atoms with E-state index in [9.17, 15) is 4.79 Å². The molecule has 2 nitrogen and oxygen atoms in total. The van der Waals surface area contributed by atoms with Crippen molar-refractivity contribution >= 4 is 49.3 Å². The number of halogens is 1. The fourth-order valence-electron chi connectivity index (χ4n) is 1.50. The molecular weight excluding hydrogens is 270 g/mol. The molecule has 0 aliphatic rings. The number of aryl methyl sites for hydroxylation is 1. The van der Waals surface area contributed by atoms with E-state index in [-0.39, 0.29) is 55.7 Å². The van der Waals surface area contributed by atoms with Crippen LogP contribution in [0.1, 0.15) is 45.4 Å². The zero-order valence-electron chi connectivity index (χ0n) is 9.95. The van der Waals surface area contributed by atoms with E-state index in [0.29, 0.717) is 0 Å². The van der Waals surface area contributed by atoms with Crippen LogP contribution in [0.2, 0.25) is 0 Å². The summed E-state index contributed by atoms with van der Waals surface area (Å²) < 4.78 is 1.83. The van der Waals surface area contributed by atoms with Gasteiger partial charge in [0.05, 0.1) is 0 Å². The first-order chi connectivity index (χ1) is 6.84. The summed E-state index contributed by atoms with van der Waals surface area (Å²) in [5.74, 6) is 0. The average Bonchev–Trinajstić information content (AvgIpc) is 2.58. The molecule has 1 aromatic heterocycles. The first kappa shape index (κ1) is 19.3. The van der Waals surface area contributed by atoms with Crippen molar-refractivity contribution in [1.82, 2.24) is 3.96 Å². The van der Waals surface area contributed by atoms with E-state index in [1.54, 1.807) is 6.07 Å². The molecule has 0 saturated heterocycles. The number of unbranched alkanes of at least 4 members (excludes halogenated alkanes) is 5. The van der Waals surface area contributed by atoms with Crippen LogP contribution >= 0.6 is 11.5 Å². The Morgan fingerprint density at radius 3 is 2.38 bits per heavy atom. The van der Waals surface area contributed by atoms with Gasteiger partial charge in [0.1, 0.15) is 0 Å². The largest absolute Gasteiger partial charge is 2.00 e. The van der Waals surface area contributed by atoms with Crippen LogP contribution in [0.15, 0.2) is 16.2 Å². The van der Waals surface area contributed by atoms with Gasteiger partial charge in [0, 0.05) is 18.0 Å². The van der Waals surface area contributed by atoms with Gasteiger partial charge in [-0.1, -0.05) is 50.6 Å². The van der Waals surface area contributed by atoms with Gasteiger partial charge in [-0.15, -0.1) is 0 Å². The van der Waals surface area contributed by atoms with Crippen molar-refractivity contribution in [3.05, 3.63) is 21.8 Å². The topological polar surface area (TPSA) is 22.0 Å². The van der Waals surface area contributed by atoms with Crippen LogP contribution in [0.25, 0.3) is 0 Å². The molecule has 0 amide bonds. The number of hydrogen-bond acceptors (Lipinski definition) is 2. The Kier molecular flexibility index (Phi) is 15.0. The Balaban J connectivity index is 0. The van der Waals surface area contributed by atoms with Crippen LogP contribution in [-0.2, 0) is 6.54 Å². The van der Waals surface area contributed by atoms with Crippen molar-refractivity contribution in [2.75, 3.05) is 0 Å². The van der Waals surface area contributed by atoms with Crippen molar-refractivity contribution in [3.63, 3.8) is 0 Å². The fourth-order valence-corrected chi connectivity index (χ4v) is 2.22. The Labute approximate surface area is 138 Å². The van der Waals surface area contributed by atoms with Crippen molar-refractivity contribution in [1.29, 1.82) is 0 Å². The van der Waals surface area contributed by atoms with Gasteiger partial charge < -0.3 is 12.4 Å². The van der Waals surface area contributed by atoms with Crippen LogP contribution in [0, 0.1) is 0 Å². The monoisotopic (exact) mass is 288 g/mol. The van der Waals surface area contributed by atoms with Crippen molar-refractivity contribution < 1.29 is 12.4 Å². The van der Waals surface area contributed by atoms with Gasteiger partial charge in [0.2, 0.25) is 0 Å². The fraction of sp³-hybridized carbons (Fsp3) is 0.727.